The molecule has 0 spiro atoms. The molecule has 0 aliphatic carbocycles. The van der Waals surface area contributed by atoms with Crippen molar-refractivity contribution < 1.29 is 0 Å². The molecule has 4 aromatic rings. The summed E-state index contributed by atoms with van der Waals surface area (Å²) in [6, 6.07) is 14.3. The molecule has 0 atom stereocenters. The second-order valence-corrected chi connectivity index (χ2v) is 4.98. The fraction of sp³-hybridized carbons (Fsp3) is 0.0588. The summed E-state index contributed by atoms with van der Waals surface area (Å²) < 4.78 is 0. The van der Waals surface area contributed by atoms with Crippen LogP contribution in [0.5, 0.6) is 0 Å². The summed E-state index contributed by atoms with van der Waals surface area (Å²) in [6.07, 6.45) is 5.62. The Labute approximate surface area is 121 Å². The van der Waals surface area contributed by atoms with Gasteiger partial charge in [-0.25, -0.2) is 4.98 Å². The van der Waals surface area contributed by atoms with E-state index < -0.39 is 0 Å². The number of nitrogens with one attached hydrogen (secondary N) is 2. The third-order valence-electron chi connectivity index (χ3n) is 3.62. The third kappa shape index (κ3) is 2.21. The van der Waals surface area contributed by atoms with Crippen LogP contribution in [0.3, 0.4) is 0 Å². The number of pyridine rings is 2. The average Bonchev–Trinajstić information content (AvgIpc) is 2.96. The molecule has 2 N–H and O–H groups in total. The zero-order valence-electron chi connectivity index (χ0n) is 11.4. The summed E-state index contributed by atoms with van der Waals surface area (Å²) in [7, 11) is 0. The normalized spacial score (nSPS) is 11.0. The van der Waals surface area contributed by atoms with Gasteiger partial charge >= 0.3 is 0 Å². The smallest absolute Gasteiger partial charge is 0.137 e. The van der Waals surface area contributed by atoms with Crippen molar-refractivity contribution in [2.45, 2.75) is 6.54 Å². The van der Waals surface area contributed by atoms with Crippen molar-refractivity contribution in [3.05, 3.63) is 66.6 Å². The molecule has 0 saturated heterocycles. The van der Waals surface area contributed by atoms with Crippen LogP contribution in [0.2, 0.25) is 0 Å². The molecule has 4 rings (SSSR count). The molecule has 4 nitrogen and oxygen atoms in total. The molecule has 0 unspecified atom stereocenters. The lowest BCUT2D eigenvalue weighted by Gasteiger charge is -2.06. The molecule has 0 radical (unpaired) electrons. The van der Waals surface area contributed by atoms with Gasteiger partial charge in [0.25, 0.3) is 0 Å². The van der Waals surface area contributed by atoms with Crippen molar-refractivity contribution in [3.63, 3.8) is 0 Å². The number of aromatic amines is 1. The summed E-state index contributed by atoms with van der Waals surface area (Å²) in [4.78, 5) is 11.8. The lowest BCUT2D eigenvalue weighted by Crippen LogP contribution is -1.98. The van der Waals surface area contributed by atoms with Crippen LogP contribution in [-0.2, 0) is 6.54 Å². The van der Waals surface area contributed by atoms with Crippen LogP contribution in [-0.4, -0.2) is 15.0 Å². The van der Waals surface area contributed by atoms with E-state index >= 15 is 0 Å². The van der Waals surface area contributed by atoms with Gasteiger partial charge in [-0.2, -0.15) is 0 Å². The van der Waals surface area contributed by atoms with Crippen LogP contribution < -0.4 is 5.32 Å². The SMILES string of the molecule is c1cnc2ccc(NCc3c[nH]c4ncccc34)cc2c1. The van der Waals surface area contributed by atoms with Crippen molar-refractivity contribution in [1.29, 1.82) is 0 Å². The molecule has 3 aromatic heterocycles. The molecule has 21 heavy (non-hydrogen) atoms. The predicted molar refractivity (Wildman–Crippen MR) is 85.2 cm³/mol. The first-order valence-electron chi connectivity index (χ1n) is 6.90. The van der Waals surface area contributed by atoms with Crippen LogP contribution in [0.25, 0.3) is 21.9 Å². The van der Waals surface area contributed by atoms with E-state index in [0.29, 0.717) is 0 Å². The highest BCUT2D eigenvalue weighted by molar-refractivity contribution is 5.83. The quantitative estimate of drug-likeness (QED) is 0.598. The molecule has 0 bridgehead atoms. The predicted octanol–water partition coefficient (Wildman–Crippen LogP) is 3.72. The fourth-order valence-corrected chi connectivity index (χ4v) is 2.54. The van der Waals surface area contributed by atoms with Crippen molar-refractivity contribution in [2.75, 3.05) is 5.32 Å². The van der Waals surface area contributed by atoms with Gasteiger partial charge in [-0.3, -0.25) is 4.98 Å². The van der Waals surface area contributed by atoms with Crippen LogP contribution in [0, 0.1) is 0 Å². The number of fused-ring (bicyclic) bond motifs is 2. The van der Waals surface area contributed by atoms with Crippen molar-refractivity contribution in [3.8, 4) is 0 Å². The van der Waals surface area contributed by atoms with Crippen LogP contribution in [0.4, 0.5) is 5.69 Å². The van der Waals surface area contributed by atoms with Gasteiger partial charge < -0.3 is 10.3 Å². The number of H-pyrrole nitrogens is 1. The van der Waals surface area contributed by atoms with E-state index in [1.807, 2.05) is 30.6 Å². The number of aromatic nitrogens is 3. The maximum absolute atomic E-state index is 4.33. The Bertz CT molecular complexity index is 911. The second kappa shape index (κ2) is 4.90. The summed E-state index contributed by atoms with van der Waals surface area (Å²) in [5.74, 6) is 0. The highest BCUT2D eigenvalue weighted by Gasteiger charge is 2.04. The largest absolute Gasteiger partial charge is 0.381 e. The number of hydrogen-bond acceptors (Lipinski definition) is 3. The van der Waals surface area contributed by atoms with Crippen molar-refractivity contribution >= 4 is 27.6 Å². The molecule has 1 aromatic carbocycles. The Kier molecular flexibility index (Phi) is 2.78. The molecule has 102 valence electrons. The van der Waals surface area contributed by atoms with Gasteiger partial charge in [-0.15, -0.1) is 0 Å². The van der Waals surface area contributed by atoms with Gasteiger partial charge in [0.15, 0.2) is 0 Å². The second-order valence-electron chi connectivity index (χ2n) is 4.98. The number of benzene rings is 1. The lowest BCUT2D eigenvalue weighted by molar-refractivity contribution is 1.16. The van der Waals surface area contributed by atoms with E-state index in [1.54, 1.807) is 6.20 Å². The summed E-state index contributed by atoms with van der Waals surface area (Å²) >= 11 is 0. The van der Waals surface area contributed by atoms with Gasteiger partial charge in [0.2, 0.25) is 0 Å². The summed E-state index contributed by atoms with van der Waals surface area (Å²) in [6.45, 7) is 0.761. The van der Waals surface area contributed by atoms with E-state index in [0.717, 1.165) is 34.2 Å². The summed E-state index contributed by atoms with van der Waals surface area (Å²) in [5, 5.41) is 5.76. The van der Waals surface area contributed by atoms with Gasteiger partial charge in [0.05, 0.1) is 5.52 Å². The first kappa shape index (κ1) is 11.9. The highest BCUT2D eigenvalue weighted by atomic mass is 14.9. The minimum Gasteiger partial charge on any atom is -0.381 e. The number of nitrogens with zero attached hydrogens (tertiary/aromatic N) is 2. The van der Waals surface area contributed by atoms with Crippen LogP contribution >= 0.6 is 0 Å². The Morgan fingerprint density at radius 1 is 1.00 bits per heavy atom. The molecule has 0 fully saturated rings. The van der Waals surface area contributed by atoms with E-state index in [-0.39, 0.29) is 0 Å². The molecule has 0 aliphatic rings. The van der Waals surface area contributed by atoms with E-state index in [9.17, 15) is 0 Å². The topological polar surface area (TPSA) is 53.6 Å². The van der Waals surface area contributed by atoms with Gasteiger partial charge in [0.1, 0.15) is 5.65 Å². The Morgan fingerprint density at radius 2 is 1.90 bits per heavy atom. The van der Waals surface area contributed by atoms with Gasteiger partial charge in [-0.1, -0.05) is 6.07 Å². The van der Waals surface area contributed by atoms with E-state index in [2.05, 4.69) is 44.5 Å². The Morgan fingerprint density at radius 3 is 2.90 bits per heavy atom. The molecule has 0 amide bonds. The van der Waals surface area contributed by atoms with Gasteiger partial charge in [0, 0.05) is 41.6 Å². The third-order valence-corrected chi connectivity index (χ3v) is 3.62. The molecule has 0 aliphatic heterocycles. The molecule has 0 saturated carbocycles. The number of rotatable bonds is 3. The standard InChI is InChI=1S/C17H14N4/c1-3-12-9-14(5-6-16(12)18-7-1)20-10-13-11-21-17-15(13)4-2-8-19-17/h1-9,11,20H,10H2,(H,19,21). The molecular formula is C17H14N4. The minimum atomic E-state index is 0.761. The molecule has 3 heterocycles. The minimum absolute atomic E-state index is 0.761. The van der Waals surface area contributed by atoms with E-state index in [4.69, 9.17) is 0 Å². The Balaban J connectivity index is 1.60. The lowest BCUT2D eigenvalue weighted by atomic mass is 10.2. The summed E-state index contributed by atoms with van der Waals surface area (Å²) in [5.41, 5.74) is 4.24. The zero-order chi connectivity index (χ0) is 14.1. The molecule has 4 heteroatoms. The van der Waals surface area contributed by atoms with Crippen molar-refractivity contribution in [1.82, 2.24) is 15.0 Å². The zero-order valence-corrected chi connectivity index (χ0v) is 11.4. The van der Waals surface area contributed by atoms with Gasteiger partial charge in [-0.05, 0) is 42.0 Å². The van der Waals surface area contributed by atoms with Crippen LogP contribution in [0.1, 0.15) is 5.56 Å². The average molecular weight is 274 g/mol. The number of hydrogen-bond donors (Lipinski definition) is 2. The maximum Gasteiger partial charge on any atom is 0.137 e. The highest BCUT2D eigenvalue weighted by Crippen LogP contribution is 2.20. The van der Waals surface area contributed by atoms with Crippen LogP contribution in [0.15, 0.2) is 61.1 Å². The first-order valence-corrected chi connectivity index (χ1v) is 6.90. The Hall–Kier alpha value is -2.88. The maximum atomic E-state index is 4.33. The fourth-order valence-electron chi connectivity index (χ4n) is 2.54. The van der Waals surface area contributed by atoms with Crippen molar-refractivity contribution in [2.24, 2.45) is 0 Å². The molecular weight excluding hydrogens is 260 g/mol. The number of anilines is 1. The van der Waals surface area contributed by atoms with E-state index in [1.165, 1.54) is 5.56 Å². The monoisotopic (exact) mass is 274 g/mol. The first-order chi connectivity index (χ1) is 10.4.